The van der Waals surface area contributed by atoms with Gasteiger partial charge in [0.1, 0.15) is 5.82 Å². The fourth-order valence-corrected chi connectivity index (χ4v) is 4.97. The van der Waals surface area contributed by atoms with E-state index in [1.165, 1.54) is 4.88 Å². The van der Waals surface area contributed by atoms with Crippen molar-refractivity contribution in [1.29, 1.82) is 0 Å². The number of fused-ring (bicyclic) bond motifs is 1. The highest BCUT2D eigenvalue weighted by molar-refractivity contribution is 7.09. The van der Waals surface area contributed by atoms with E-state index in [-0.39, 0.29) is 17.4 Å². The number of carbonyl (C=O) groups excluding carboxylic acids is 1. The topological polar surface area (TPSA) is 78.5 Å². The number of amides is 1. The molecule has 0 aliphatic carbocycles. The standard InChI is InChI=1S/C21H28N4O3S/c1-28-10-7-19(26)25-8-2-4-15(12-25)20-22-18-6-9-24(13-16-5-3-11-29-16)14-17(18)21(27)23-20/h3,5,11,15H,2,4,6-10,12-14H2,1H3,(H,22,23,27)/t15-/m1/s1. The van der Waals surface area contributed by atoms with Crippen LogP contribution in [0.4, 0.5) is 0 Å². The van der Waals surface area contributed by atoms with Crippen LogP contribution in [0.15, 0.2) is 22.3 Å². The number of carbonyl (C=O) groups is 1. The summed E-state index contributed by atoms with van der Waals surface area (Å²) in [6.07, 6.45) is 3.07. The van der Waals surface area contributed by atoms with Gasteiger partial charge in [-0.15, -0.1) is 11.3 Å². The van der Waals surface area contributed by atoms with Gasteiger partial charge in [0.25, 0.3) is 5.56 Å². The summed E-state index contributed by atoms with van der Waals surface area (Å²) in [5.74, 6) is 0.947. The molecule has 156 valence electrons. The number of H-pyrrole nitrogens is 1. The molecule has 0 unspecified atom stereocenters. The summed E-state index contributed by atoms with van der Waals surface area (Å²) in [6.45, 7) is 4.26. The van der Waals surface area contributed by atoms with Crippen molar-refractivity contribution in [2.24, 2.45) is 0 Å². The first kappa shape index (κ1) is 20.3. The fraction of sp³-hybridized carbons (Fsp3) is 0.571. The second-order valence-corrected chi connectivity index (χ2v) is 8.87. The van der Waals surface area contributed by atoms with E-state index in [1.54, 1.807) is 18.4 Å². The Morgan fingerprint density at radius 2 is 2.31 bits per heavy atom. The predicted molar refractivity (Wildman–Crippen MR) is 112 cm³/mol. The third kappa shape index (κ3) is 4.76. The monoisotopic (exact) mass is 416 g/mol. The second-order valence-electron chi connectivity index (χ2n) is 7.84. The first-order valence-electron chi connectivity index (χ1n) is 10.3. The van der Waals surface area contributed by atoms with Gasteiger partial charge in [-0.05, 0) is 24.3 Å². The van der Waals surface area contributed by atoms with Crippen molar-refractivity contribution in [3.05, 3.63) is 49.8 Å². The van der Waals surface area contributed by atoms with Crippen LogP contribution in [-0.2, 0) is 29.0 Å². The number of thiophene rings is 1. The number of nitrogens with zero attached hydrogens (tertiary/aromatic N) is 3. The third-order valence-electron chi connectivity index (χ3n) is 5.81. The maximum absolute atomic E-state index is 12.8. The van der Waals surface area contributed by atoms with Crippen molar-refractivity contribution in [3.63, 3.8) is 0 Å². The molecule has 2 aliphatic rings. The zero-order valence-corrected chi connectivity index (χ0v) is 17.7. The smallest absolute Gasteiger partial charge is 0.255 e. The molecule has 2 aromatic heterocycles. The van der Waals surface area contributed by atoms with E-state index >= 15 is 0 Å². The van der Waals surface area contributed by atoms with Crippen LogP contribution in [-0.4, -0.2) is 59.0 Å². The van der Waals surface area contributed by atoms with Gasteiger partial charge < -0.3 is 14.6 Å². The van der Waals surface area contributed by atoms with E-state index in [0.717, 1.165) is 56.0 Å². The predicted octanol–water partition coefficient (Wildman–Crippen LogP) is 2.13. The van der Waals surface area contributed by atoms with E-state index in [1.807, 2.05) is 4.90 Å². The Kier molecular flexibility index (Phi) is 6.42. The molecule has 0 spiro atoms. The summed E-state index contributed by atoms with van der Waals surface area (Å²) < 4.78 is 5.02. The van der Waals surface area contributed by atoms with Crippen LogP contribution in [0, 0.1) is 0 Å². The average molecular weight is 417 g/mol. The van der Waals surface area contributed by atoms with Crippen LogP contribution in [0.25, 0.3) is 0 Å². The first-order valence-corrected chi connectivity index (χ1v) is 11.2. The molecule has 29 heavy (non-hydrogen) atoms. The molecule has 0 aromatic carbocycles. The number of ether oxygens (including phenoxy) is 1. The molecule has 0 radical (unpaired) electrons. The summed E-state index contributed by atoms with van der Waals surface area (Å²) >= 11 is 1.75. The highest BCUT2D eigenvalue weighted by Crippen LogP contribution is 2.26. The molecule has 1 amide bonds. The van der Waals surface area contributed by atoms with Crippen LogP contribution in [0.3, 0.4) is 0 Å². The molecule has 2 aromatic rings. The lowest BCUT2D eigenvalue weighted by Gasteiger charge is -2.33. The van der Waals surface area contributed by atoms with Crippen molar-refractivity contribution in [3.8, 4) is 0 Å². The highest BCUT2D eigenvalue weighted by atomic mass is 32.1. The van der Waals surface area contributed by atoms with E-state index in [4.69, 9.17) is 9.72 Å². The van der Waals surface area contributed by atoms with Gasteiger partial charge in [-0.25, -0.2) is 4.98 Å². The van der Waals surface area contributed by atoms with Crippen LogP contribution in [0.2, 0.25) is 0 Å². The van der Waals surface area contributed by atoms with Gasteiger partial charge in [-0.2, -0.15) is 0 Å². The van der Waals surface area contributed by atoms with Crippen molar-refractivity contribution < 1.29 is 9.53 Å². The van der Waals surface area contributed by atoms with Gasteiger partial charge in [0.2, 0.25) is 5.91 Å². The second kappa shape index (κ2) is 9.19. The van der Waals surface area contributed by atoms with E-state index in [2.05, 4.69) is 27.4 Å². The number of hydrogen-bond donors (Lipinski definition) is 1. The van der Waals surface area contributed by atoms with Crippen molar-refractivity contribution in [1.82, 2.24) is 19.8 Å². The number of nitrogens with one attached hydrogen (secondary N) is 1. The number of methoxy groups -OCH3 is 1. The minimum Gasteiger partial charge on any atom is -0.384 e. The van der Waals surface area contributed by atoms with E-state index < -0.39 is 0 Å². The largest absolute Gasteiger partial charge is 0.384 e. The number of hydrogen-bond acceptors (Lipinski definition) is 6. The van der Waals surface area contributed by atoms with Gasteiger partial charge in [0, 0.05) is 57.0 Å². The fourth-order valence-electron chi connectivity index (χ4n) is 4.23. The summed E-state index contributed by atoms with van der Waals surface area (Å²) in [6, 6.07) is 4.19. The minimum atomic E-state index is -0.0243. The molecular weight excluding hydrogens is 388 g/mol. The molecule has 4 heterocycles. The maximum Gasteiger partial charge on any atom is 0.255 e. The normalized spacial score (nSPS) is 19.9. The van der Waals surface area contributed by atoms with Crippen LogP contribution in [0.1, 0.15) is 47.1 Å². The molecule has 4 rings (SSSR count). The Balaban J connectivity index is 1.45. The van der Waals surface area contributed by atoms with Crippen molar-refractivity contribution >= 4 is 17.2 Å². The summed E-state index contributed by atoms with van der Waals surface area (Å²) in [4.78, 5) is 38.5. The number of aromatic amines is 1. The number of likely N-dealkylation sites (tertiary alicyclic amines) is 1. The van der Waals surface area contributed by atoms with Gasteiger partial charge >= 0.3 is 0 Å². The molecular formula is C21H28N4O3S. The maximum atomic E-state index is 12.8. The molecule has 8 heteroatoms. The number of aromatic nitrogens is 2. The summed E-state index contributed by atoms with van der Waals surface area (Å²) in [5, 5.41) is 2.08. The van der Waals surface area contributed by atoms with Gasteiger partial charge in [-0.3, -0.25) is 14.5 Å². The SMILES string of the molecule is COCCC(=O)N1CCC[C@@H](c2nc3c(c(=O)[nH]2)CN(Cc2cccs2)CC3)C1. The number of piperidine rings is 1. The highest BCUT2D eigenvalue weighted by Gasteiger charge is 2.28. The zero-order chi connectivity index (χ0) is 20.2. The molecule has 0 bridgehead atoms. The molecule has 1 fully saturated rings. The molecule has 1 atom stereocenters. The Morgan fingerprint density at radius 3 is 3.10 bits per heavy atom. The Labute approximate surface area is 174 Å². The lowest BCUT2D eigenvalue weighted by atomic mass is 9.96. The third-order valence-corrected chi connectivity index (χ3v) is 6.67. The van der Waals surface area contributed by atoms with Crippen LogP contribution < -0.4 is 5.56 Å². The zero-order valence-electron chi connectivity index (χ0n) is 16.9. The molecule has 1 saturated heterocycles. The van der Waals surface area contributed by atoms with Crippen LogP contribution >= 0.6 is 11.3 Å². The molecule has 0 saturated carbocycles. The van der Waals surface area contributed by atoms with Gasteiger partial charge in [-0.1, -0.05) is 6.07 Å². The molecule has 7 nitrogen and oxygen atoms in total. The Morgan fingerprint density at radius 1 is 1.41 bits per heavy atom. The van der Waals surface area contributed by atoms with Crippen molar-refractivity contribution in [2.45, 2.75) is 44.7 Å². The van der Waals surface area contributed by atoms with Crippen molar-refractivity contribution in [2.75, 3.05) is 33.4 Å². The Bertz CT molecular complexity index is 896. The molecule has 2 aliphatic heterocycles. The lowest BCUT2D eigenvalue weighted by Crippen LogP contribution is -2.41. The minimum absolute atomic E-state index is 0.0243. The van der Waals surface area contributed by atoms with E-state index in [9.17, 15) is 9.59 Å². The van der Waals surface area contributed by atoms with Gasteiger partial charge in [0.05, 0.1) is 24.3 Å². The Hall–Kier alpha value is -2.03. The van der Waals surface area contributed by atoms with Crippen LogP contribution in [0.5, 0.6) is 0 Å². The average Bonchev–Trinajstić information content (AvgIpc) is 3.25. The lowest BCUT2D eigenvalue weighted by molar-refractivity contribution is -0.133. The summed E-state index contributed by atoms with van der Waals surface area (Å²) in [5.41, 5.74) is 1.69. The van der Waals surface area contributed by atoms with E-state index in [0.29, 0.717) is 26.1 Å². The first-order chi connectivity index (χ1) is 14.1. The quantitative estimate of drug-likeness (QED) is 0.781. The van der Waals surface area contributed by atoms with Gasteiger partial charge in [0.15, 0.2) is 0 Å². The number of rotatable bonds is 6. The molecule has 1 N–H and O–H groups in total. The summed E-state index contributed by atoms with van der Waals surface area (Å²) in [7, 11) is 1.61.